The van der Waals surface area contributed by atoms with Crippen molar-refractivity contribution in [1.82, 2.24) is 15.0 Å². The number of hydrogen-bond donors (Lipinski definition) is 1. The van der Waals surface area contributed by atoms with Gasteiger partial charge in [0.1, 0.15) is 11.6 Å². The molecule has 0 radical (unpaired) electrons. The minimum atomic E-state index is -0.394. The van der Waals surface area contributed by atoms with Crippen LogP contribution in [0.2, 0.25) is 0 Å². The predicted molar refractivity (Wildman–Crippen MR) is 79.7 cm³/mol. The number of anilines is 2. The second-order valence-electron chi connectivity index (χ2n) is 4.33. The summed E-state index contributed by atoms with van der Waals surface area (Å²) in [5.41, 5.74) is 6.19. The van der Waals surface area contributed by atoms with E-state index in [2.05, 4.69) is 15.0 Å². The van der Waals surface area contributed by atoms with Gasteiger partial charge in [0, 0.05) is 13.1 Å². The van der Waals surface area contributed by atoms with E-state index in [4.69, 9.17) is 10.5 Å². The van der Waals surface area contributed by atoms with Crippen molar-refractivity contribution in [2.45, 2.75) is 13.8 Å². The third kappa shape index (κ3) is 3.18. The largest absolute Gasteiger partial charge is 0.496 e. The zero-order valence-corrected chi connectivity index (χ0v) is 12.3. The maximum atomic E-state index is 13.5. The number of ether oxygens (including phenoxy) is 1. The molecule has 1 aromatic carbocycles. The molecule has 0 amide bonds. The van der Waals surface area contributed by atoms with Crippen LogP contribution in [0.15, 0.2) is 18.2 Å². The summed E-state index contributed by atoms with van der Waals surface area (Å²) in [6.07, 6.45) is 0. The Balaban J connectivity index is 2.56. The van der Waals surface area contributed by atoms with Gasteiger partial charge in [-0.1, -0.05) is 0 Å². The first-order valence-electron chi connectivity index (χ1n) is 6.69. The normalized spacial score (nSPS) is 10.5. The molecule has 0 unspecified atom stereocenters. The van der Waals surface area contributed by atoms with Crippen LogP contribution in [0, 0.1) is 5.82 Å². The third-order valence-electron chi connectivity index (χ3n) is 3.09. The minimum absolute atomic E-state index is 0.0909. The highest BCUT2D eigenvalue weighted by Gasteiger charge is 2.15. The number of nitrogens with zero attached hydrogens (tertiary/aromatic N) is 4. The standard InChI is InChI=1S/C14H18FN5O/c1-4-20(5-2)14-18-12(17-13(16)19-14)10-8-9(15)6-7-11(10)21-3/h6-8H,4-5H2,1-3H3,(H2,16,17,18,19). The van der Waals surface area contributed by atoms with Crippen LogP contribution in [0.1, 0.15) is 13.8 Å². The van der Waals surface area contributed by atoms with E-state index in [0.29, 0.717) is 23.1 Å². The summed E-state index contributed by atoms with van der Waals surface area (Å²) >= 11 is 0. The molecule has 0 saturated carbocycles. The average Bonchev–Trinajstić information content (AvgIpc) is 2.48. The number of benzene rings is 1. The Bertz CT molecular complexity index is 631. The molecule has 0 aliphatic rings. The van der Waals surface area contributed by atoms with E-state index in [1.165, 1.54) is 25.3 Å². The van der Waals surface area contributed by atoms with Gasteiger partial charge < -0.3 is 15.4 Å². The van der Waals surface area contributed by atoms with Crippen LogP contribution >= 0.6 is 0 Å². The van der Waals surface area contributed by atoms with Crippen molar-refractivity contribution in [3.05, 3.63) is 24.0 Å². The van der Waals surface area contributed by atoms with Crippen molar-refractivity contribution >= 4 is 11.9 Å². The first-order chi connectivity index (χ1) is 10.1. The number of aromatic nitrogens is 3. The second kappa shape index (κ2) is 6.34. The van der Waals surface area contributed by atoms with Crippen LogP contribution in [0.5, 0.6) is 5.75 Å². The van der Waals surface area contributed by atoms with Gasteiger partial charge in [-0.15, -0.1) is 0 Å². The van der Waals surface area contributed by atoms with Crippen LogP contribution in [-0.2, 0) is 0 Å². The average molecular weight is 291 g/mol. The molecule has 0 aliphatic heterocycles. The van der Waals surface area contributed by atoms with Crippen LogP contribution in [0.4, 0.5) is 16.3 Å². The monoisotopic (exact) mass is 291 g/mol. The summed E-state index contributed by atoms with van der Waals surface area (Å²) in [5, 5.41) is 0. The van der Waals surface area contributed by atoms with E-state index in [9.17, 15) is 4.39 Å². The maximum absolute atomic E-state index is 13.5. The zero-order valence-electron chi connectivity index (χ0n) is 12.3. The molecule has 7 heteroatoms. The maximum Gasteiger partial charge on any atom is 0.230 e. The highest BCUT2D eigenvalue weighted by atomic mass is 19.1. The molecule has 0 spiro atoms. The smallest absolute Gasteiger partial charge is 0.230 e. The van der Waals surface area contributed by atoms with E-state index in [0.717, 1.165) is 13.1 Å². The zero-order chi connectivity index (χ0) is 15.4. The Hall–Kier alpha value is -2.44. The number of nitrogen functional groups attached to an aromatic ring is 1. The van der Waals surface area contributed by atoms with Gasteiger partial charge in [-0.3, -0.25) is 0 Å². The Labute approximate surface area is 122 Å². The van der Waals surface area contributed by atoms with E-state index in [1.54, 1.807) is 0 Å². The molecule has 0 aliphatic carbocycles. The van der Waals surface area contributed by atoms with Crippen molar-refractivity contribution in [2.75, 3.05) is 30.8 Å². The van der Waals surface area contributed by atoms with Crippen molar-refractivity contribution in [2.24, 2.45) is 0 Å². The highest BCUT2D eigenvalue weighted by Crippen LogP contribution is 2.29. The van der Waals surface area contributed by atoms with Gasteiger partial charge in [-0.05, 0) is 32.0 Å². The molecule has 2 N–H and O–H groups in total. The Kier molecular flexibility index (Phi) is 4.52. The summed E-state index contributed by atoms with van der Waals surface area (Å²) in [6, 6.07) is 4.17. The van der Waals surface area contributed by atoms with Crippen LogP contribution in [0.25, 0.3) is 11.4 Å². The van der Waals surface area contributed by atoms with Crippen LogP contribution < -0.4 is 15.4 Å². The van der Waals surface area contributed by atoms with Crippen molar-refractivity contribution in [1.29, 1.82) is 0 Å². The van der Waals surface area contributed by atoms with E-state index >= 15 is 0 Å². The molecular formula is C14H18FN5O. The Morgan fingerprint density at radius 1 is 1.19 bits per heavy atom. The number of rotatable bonds is 5. The number of halogens is 1. The quantitative estimate of drug-likeness (QED) is 0.909. The van der Waals surface area contributed by atoms with Gasteiger partial charge in [0.15, 0.2) is 5.82 Å². The lowest BCUT2D eigenvalue weighted by atomic mass is 10.2. The Morgan fingerprint density at radius 3 is 2.52 bits per heavy atom. The van der Waals surface area contributed by atoms with Crippen LogP contribution in [0.3, 0.4) is 0 Å². The molecule has 0 atom stereocenters. The molecule has 1 heterocycles. The first-order valence-corrected chi connectivity index (χ1v) is 6.69. The predicted octanol–water partition coefficient (Wildman–Crippen LogP) is 2.11. The molecule has 2 aromatic rings. The SMILES string of the molecule is CCN(CC)c1nc(N)nc(-c2cc(F)ccc2OC)n1. The van der Waals surface area contributed by atoms with Crippen molar-refractivity contribution < 1.29 is 9.13 Å². The van der Waals surface area contributed by atoms with Crippen molar-refractivity contribution in [3.8, 4) is 17.1 Å². The summed E-state index contributed by atoms with van der Waals surface area (Å²) in [6.45, 7) is 5.46. The molecule has 1 aromatic heterocycles. The summed E-state index contributed by atoms with van der Waals surface area (Å²) < 4.78 is 18.7. The molecule has 112 valence electrons. The van der Waals surface area contributed by atoms with Crippen molar-refractivity contribution in [3.63, 3.8) is 0 Å². The summed E-state index contributed by atoms with van der Waals surface area (Å²) in [4.78, 5) is 14.5. The van der Waals surface area contributed by atoms with Gasteiger partial charge in [-0.25, -0.2) is 4.39 Å². The van der Waals surface area contributed by atoms with Crippen LogP contribution in [-0.4, -0.2) is 35.2 Å². The fourth-order valence-electron chi connectivity index (χ4n) is 2.00. The minimum Gasteiger partial charge on any atom is -0.496 e. The van der Waals surface area contributed by atoms with Gasteiger partial charge in [0.2, 0.25) is 11.9 Å². The molecule has 6 nitrogen and oxygen atoms in total. The molecule has 21 heavy (non-hydrogen) atoms. The second-order valence-corrected chi connectivity index (χ2v) is 4.33. The topological polar surface area (TPSA) is 77.2 Å². The molecule has 0 fully saturated rings. The summed E-state index contributed by atoms with van der Waals surface area (Å²) in [7, 11) is 1.51. The van der Waals surface area contributed by atoms with Gasteiger partial charge >= 0.3 is 0 Å². The fourth-order valence-corrected chi connectivity index (χ4v) is 2.00. The highest BCUT2D eigenvalue weighted by molar-refractivity contribution is 5.65. The molecular weight excluding hydrogens is 273 g/mol. The molecule has 2 rings (SSSR count). The summed E-state index contributed by atoms with van der Waals surface area (Å²) in [5.74, 6) is 0.935. The lowest BCUT2D eigenvalue weighted by Gasteiger charge is -2.19. The van der Waals surface area contributed by atoms with Gasteiger partial charge in [-0.2, -0.15) is 15.0 Å². The van der Waals surface area contributed by atoms with E-state index in [-0.39, 0.29) is 5.95 Å². The molecule has 0 saturated heterocycles. The lowest BCUT2D eigenvalue weighted by molar-refractivity contribution is 0.415. The Morgan fingerprint density at radius 2 is 1.90 bits per heavy atom. The first kappa shape index (κ1) is 15.0. The third-order valence-corrected chi connectivity index (χ3v) is 3.09. The van der Waals surface area contributed by atoms with Gasteiger partial charge in [0.05, 0.1) is 12.7 Å². The fraction of sp³-hybridized carbons (Fsp3) is 0.357. The number of methoxy groups -OCH3 is 1. The number of hydrogen-bond acceptors (Lipinski definition) is 6. The molecule has 0 bridgehead atoms. The van der Waals surface area contributed by atoms with E-state index < -0.39 is 5.82 Å². The lowest BCUT2D eigenvalue weighted by Crippen LogP contribution is -2.25. The van der Waals surface area contributed by atoms with E-state index in [1.807, 2.05) is 18.7 Å². The number of nitrogens with two attached hydrogens (primary N) is 1. The van der Waals surface area contributed by atoms with Gasteiger partial charge in [0.25, 0.3) is 0 Å².